The molecule has 0 saturated carbocycles. The summed E-state index contributed by atoms with van der Waals surface area (Å²) in [6.07, 6.45) is 65.9. The number of ether oxygens (including phenoxy) is 2. The quantitative estimate of drug-likeness (QED) is 0.0265. The molecule has 0 aromatic rings. The number of carbonyl (C=O) groups excluding carboxylic acids is 2. The molecule has 3 N–H and O–H groups in total. The van der Waals surface area contributed by atoms with Gasteiger partial charge >= 0.3 is 19.8 Å². The number of carbonyl (C=O) groups is 2. The summed E-state index contributed by atoms with van der Waals surface area (Å²) in [4.78, 5) is 35.1. The molecule has 0 spiro atoms. The molecule has 0 aliphatic rings. The van der Waals surface area contributed by atoms with Crippen LogP contribution in [0.2, 0.25) is 0 Å². The Balaban J connectivity index is 4.16. The lowest BCUT2D eigenvalue weighted by atomic mass is 10.1. The van der Waals surface area contributed by atoms with Crippen LogP contribution in [-0.4, -0.2) is 49.3 Å². The zero-order valence-corrected chi connectivity index (χ0v) is 42.1. The molecule has 9 nitrogen and oxygen atoms in total. The number of nitrogens with two attached hydrogens (primary N) is 1. The Labute approximate surface area is 397 Å². The standard InChI is InChI=1S/C55H94NO8P/c1-3-5-7-9-11-13-15-17-19-21-23-24-25-26-27-28-30-32-34-36-38-40-42-44-46-48-55(58)64-53(52-63-65(59,60)62-50-49-56)51-61-54(57)47-45-43-41-39-37-35-33-31-29-22-20-18-16-14-12-10-8-6-4-2/h5,7,11,13,17-20,23-24,26-27,30,32,36,38,53H,3-4,6,8-10,12,14-16,21-22,25,28-29,31,33-35,37,39-52,56H2,1-2H3,(H,59,60)/b7-5-,13-11-,19-17-,20-18-,24-23-,27-26-,32-30-,38-36-. The maximum absolute atomic E-state index is 12.6. The van der Waals surface area contributed by atoms with E-state index in [0.29, 0.717) is 6.42 Å². The van der Waals surface area contributed by atoms with Gasteiger partial charge in [-0.3, -0.25) is 18.6 Å². The van der Waals surface area contributed by atoms with Crippen LogP contribution in [0.1, 0.15) is 206 Å². The Morgan fingerprint density at radius 1 is 0.477 bits per heavy atom. The van der Waals surface area contributed by atoms with Crippen molar-refractivity contribution in [3.05, 3.63) is 97.2 Å². The minimum absolute atomic E-state index is 0.0423. The average molecular weight is 928 g/mol. The summed E-state index contributed by atoms with van der Waals surface area (Å²) in [7, 11) is -4.40. The van der Waals surface area contributed by atoms with Crippen LogP contribution >= 0.6 is 7.82 Å². The normalized spacial score (nSPS) is 14.0. The van der Waals surface area contributed by atoms with Gasteiger partial charge in [-0.25, -0.2) is 4.57 Å². The van der Waals surface area contributed by atoms with Crippen molar-refractivity contribution in [2.45, 2.75) is 213 Å². The van der Waals surface area contributed by atoms with E-state index in [1.54, 1.807) is 0 Å². The first-order valence-electron chi connectivity index (χ1n) is 25.7. The Bertz CT molecular complexity index is 1380. The molecule has 0 fully saturated rings. The molecule has 0 saturated heterocycles. The molecule has 0 heterocycles. The summed E-state index contributed by atoms with van der Waals surface area (Å²) < 4.78 is 32.9. The monoisotopic (exact) mass is 928 g/mol. The van der Waals surface area contributed by atoms with Crippen LogP contribution in [0.25, 0.3) is 0 Å². The molecule has 0 rings (SSSR count). The largest absolute Gasteiger partial charge is 0.472 e. The molecule has 0 bridgehead atoms. The number of unbranched alkanes of at least 4 members (excludes halogenated alkanes) is 18. The summed E-state index contributed by atoms with van der Waals surface area (Å²) in [5, 5.41) is 0. The van der Waals surface area contributed by atoms with Gasteiger partial charge in [-0.2, -0.15) is 0 Å². The summed E-state index contributed by atoms with van der Waals surface area (Å²) in [6, 6.07) is 0. The van der Waals surface area contributed by atoms with Gasteiger partial charge in [0, 0.05) is 19.4 Å². The molecule has 2 unspecified atom stereocenters. The molecular formula is C55H94NO8P. The summed E-state index contributed by atoms with van der Waals surface area (Å²) >= 11 is 0. The van der Waals surface area contributed by atoms with Gasteiger partial charge in [-0.1, -0.05) is 195 Å². The van der Waals surface area contributed by atoms with Crippen LogP contribution in [0.4, 0.5) is 0 Å². The topological polar surface area (TPSA) is 134 Å². The second-order valence-electron chi connectivity index (χ2n) is 16.7. The van der Waals surface area contributed by atoms with E-state index in [2.05, 4.69) is 111 Å². The van der Waals surface area contributed by atoms with Crippen molar-refractivity contribution >= 4 is 19.8 Å². The molecule has 10 heteroatoms. The van der Waals surface area contributed by atoms with Crippen LogP contribution in [0, 0.1) is 0 Å². The second-order valence-corrected chi connectivity index (χ2v) is 18.1. The van der Waals surface area contributed by atoms with E-state index >= 15 is 0 Å². The van der Waals surface area contributed by atoms with E-state index in [1.807, 2.05) is 0 Å². The highest BCUT2D eigenvalue weighted by atomic mass is 31.2. The van der Waals surface area contributed by atoms with Gasteiger partial charge < -0.3 is 20.1 Å². The highest BCUT2D eigenvalue weighted by Crippen LogP contribution is 2.43. The maximum atomic E-state index is 12.6. The molecule has 0 aromatic heterocycles. The van der Waals surface area contributed by atoms with E-state index in [9.17, 15) is 19.0 Å². The first-order valence-corrected chi connectivity index (χ1v) is 27.2. The fourth-order valence-corrected chi connectivity index (χ4v) is 7.43. The Morgan fingerprint density at radius 3 is 1.29 bits per heavy atom. The van der Waals surface area contributed by atoms with Gasteiger partial charge in [0.2, 0.25) is 0 Å². The minimum atomic E-state index is -4.40. The van der Waals surface area contributed by atoms with Crippen molar-refractivity contribution in [2.75, 3.05) is 26.4 Å². The van der Waals surface area contributed by atoms with Gasteiger partial charge in [0.05, 0.1) is 13.2 Å². The predicted octanol–water partition coefficient (Wildman–Crippen LogP) is 15.7. The van der Waals surface area contributed by atoms with Crippen molar-refractivity contribution in [1.29, 1.82) is 0 Å². The van der Waals surface area contributed by atoms with Crippen LogP contribution < -0.4 is 5.73 Å². The fourth-order valence-electron chi connectivity index (χ4n) is 6.67. The lowest BCUT2D eigenvalue weighted by molar-refractivity contribution is -0.161. The molecular weight excluding hydrogens is 834 g/mol. The number of phosphoric acid groups is 1. The summed E-state index contributed by atoms with van der Waals surface area (Å²) in [5.74, 6) is -0.873. The molecule has 0 aliphatic carbocycles. The Hall–Kier alpha value is -3.07. The number of esters is 2. The van der Waals surface area contributed by atoms with Crippen LogP contribution in [-0.2, 0) is 32.7 Å². The van der Waals surface area contributed by atoms with Gasteiger partial charge in [0.15, 0.2) is 6.10 Å². The molecule has 0 aromatic carbocycles. The molecule has 0 amide bonds. The van der Waals surface area contributed by atoms with Crippen molar-refractivity contribution < 1.29 is 37.6 Å². The lowest BCUT2D eigenvalue weighted by Crippen LogP contribution is -2.29. The maximum Gasteiger partial charge on any atom is 0.472 e. The molecule has 372 valence electrons. The van der Waals surface area contributed by atoms with E-state index < -0.39 is 32.5 Å². The lowest BCUT2D eigenvalue weighted by Gasteiger charge is -2.19. The molecule has 0 aliphatic heterocycles. The van der Waals surface area contributed by atoms with E-state index in [4.69, 9.17) is 24.3 Å². The predicted molar refractivity (Wildman–Crippen MR) is 275 cm³/mol. The highest BCUT2D eigenvalue weighted by Gasteiger charge is 2.26. The van der Waals surface area contributed by atoms with Crippen molar-refractivity contribution in [2.24, 2.45) is 5.73 Å². The third-order valence-corrected chi connectivity index (χ3v) is 11.4. The first kappa shape index (κ1) is 61.9. The zero-order valence-electron chi connectivity index (χ0n) is 41.2. The van der Waals surface area contributed by atoms with Crippen LogP contribution in [0.5, 0.6) is 0 Å². The number of rotatable bonds is 47. The van der Waals surface area contributed by atoms with Crippen LogP contribution in [0.3, 0.4) is 0 Å². The third kappa shape index (κ3) is 50.2. The highest BCUT2D eigenvalue weighted by molar-refractivity contribution is 7.47. The van der Waals surface area contributed by atoms with Crippen molar-refractivity contribution in [1.82, 2.24) is 0 Å². The summed E-state index contributed by atoms with van der Waals surface area (Å²) in [5.41, 5.74) is 5.36. The number of allylic oxidation sites excluding steroid dienone is 16. The van der Waals surface area contributed by atoms with E-state index in [-0.39, 0.29) is 32.6 Å². The molecule has 0 radical (unpaired) electrons. The summed E-state index contributed by atoms with van der Waals surface area (Å²) in [6.45, 7) is 3.57. The first-order chi connectivity index (χ1) is 31.8. The molecule has 65 heavy (non-hydrogen) atoms. The van der Waals surface area contributed by atoms with E-state index in [0.717, 1.165) is 89.9 Å². The number of hydrogen-bond acceptors (Lipinski definition) is 8. The zero-order chi connectivity index (χ0) is 47.4. The number of phosphoric ester groups is 1. The van der Waals surface area contributed by atoms with E-state index in [1.165, 1.54) is 83.5 Å². The third-order valence-electron chi connectivity index (χ3n) is 10.5. The van der Waals surface area contributed by atoms with Gasteiger partial charge in [-0.15, -0.1) is 0 Å². The Morgan fingerprint density at radius 2 is 0.846 bits per heavy atom. The second kappa shape index (κ2) is 50.3. The van der Waals surface area contributed by atoms with Gasteiger partial charge in [-0.05, 0) is 96.3 Å². The Kier molecular flexibility index (Phi) is 48.0. The minimum Gasteiger partial charge on any atom is -0.462 e. The van der Waals surface area contributed by atoms with Crippen LogP contribution in [0.15, 0.2) is 97.2 Å². The van der Waals surface area contributed by atoms with Crippen molar-refractivity contribution in [3.63, 3.8) is 0 Å². The number of hydrogen-bond donors (Lipinski definition) is 2. The SMILES string of the molecule is CC/C=C\C/C=C\C/C=C\C/C=C\C/C=C\C/C=C\C/C=C\CCCCCC(=O)OC(COC(=O)CCCCCCCCCCC/C=C\CCCCCCCC)COP(=O)(O)OCCN. The fraction of sp³-hybridized carbons (Fsp3) is 0.673. The van der Waals surface area contributed by atoms with Gasteiger partial charge in [0.1, 0.15) is 6.61 Å². The van der Waals surface area contributed by atoms with Gasteiger partial charge in [0.25, 0.3) is 0 Å². The van der Waals surface area contributed by atoms with Crippen molar-refractivity contribution in [3.8, 4) is 0 Å². The average Bonchev–Trinajstić information content (AvgIpc) is 3.30. The smallest absolute Gasteiger partial charge is 0.462 e. The molecule has 2 atom stereocenters.